The van der Waals surface area contributed by atoms with E-state index in [1.165, 1.54) is 24.1 Å². The molecule has 0 atom stereocenters. The maximum Gasteiger partial charge on any atom is 0.244 e. The van der Waals surface area contributed by atoms with Crippen molar-refractivity contribution in [2.45, 2.75) is 19.4 Å². The lowest BCUT2D eigenvalue weighted by molar-refractivity contribution is 0.948. The first kappa shape index (κ1) is 16.3. The Kier molecular flexibility index (Phi) is 4.91. The summed E-state index contributed by atoms with van der Waals surface area (Å²) in [4.78, 5) is 6.90. The zero-order valence-corrected chi connectivity index (χ0v) is 14.6. The third kappa shape index (κ3) is 4.08. The Morgan fingerprint density at radius 1 is 0.923 bits per heavy atom. The molecule has 1 saturated heterocycles. The molecular weight excluding hydrogens is 324 g/mol. The van der Waals surface area contributed by atoms with E-state index in [2.05, 4.69) is 67.1 Å². The van der Waals surface area contributed by atoms with E-state index >= 15 is 0 Å². The molecule has 4 rings (SSSR count). The number of anilines is 4. The van der Waals surface area contributed by atoms with Crippen LogP contribution in [0.4, 0.5) is 23.1 Å². The summed E-state index contributed by atoms with van der Waals surface area (Å²) in [6, 6.07) is 18.6. The number of aromatic nitrogens is 3. The van der Waals surface area contributed by atoms with E-state index in [0.29, 0.717) is 18.3 Å². The number of hydrogen-bond acceptors (Lipinski definition) is 6. The van der Waals surface area contributed by atoms with Crippen molar-refractivity contribution in [1.82, 2.24) is 15.2 Å². The molecule has 0 radical (unpaired) electrons. The minimum absolute atomic E-state index is 0.507. The molecule has 1 aliphatic rings. The van der Waals surface area contributed by atoms with Gasteiger partial charge in [0.1, 0.15) is 0 Å². The molecule has 3 aromatic rings. The van der Waals surface area contributed by atoms with Crippen LogP contribution in [0.1, 0.15) is 18.4 Å². The fourth-order valence-corrected chi connectivity index (χ4v) is 3.09. The summed E-state index contributed by atoms with van der Waals surface area (Å²) < 4.78 is 0. The van der Waals surface area contributed by atoms with Gasteiger partial charge in [0.15, 0.2) is 5.82 Å². The first-order chi connectivity index (χ1) is 12.9. The Balaban J connectivity index is 1.38. The van der Waals surface area contributed by atoms with Crippen molar-refractivity contribution in [2.24, 2.45) is 0 Å². The van der Waals surface area contributed by atoms with Gasteiger partial charge in [0.05, 0.1) is 6.20 Å². The topological polar surface area (TPSA) is 66.0 Å². The van der Waals surface area contributed by atoms with E-state index in [1.54, 1.807) is 6.20 Å². The van der Waals surface area contributed by atoms with Crippen molar-refractivity contribution in [1.29, 1.82) is 0 Å². The number of nitrogens with zero attached hydrogens (tertiary/aromatic N) is 4. The summed E-state index contributed by atoms with van der Waals surface area (Å²) in [5.74, 6) is 1.18. The van der Waals surface area contributed by atoms with Crippen LogP contribution >= 0.6 is 0 Å². The summed E-state index contributed by atoms with van der Waals surface area (Å²) in [6.07, 6.45) is 4.19. The number of rotatable bonds is 6. The van der Waals surface area contributed by atoms with Crippen LogP contribution in [0.15, 0.2) is 60.8 Å². The summed E-state index contributed by atoms with van der Waals surface area (Å²) in [7, 11) is 0. The molecule has 132 valence electrons. The predicted molar refractivity (Wildman–Crippen MR) is 105 cm³/mol. The van der Waals surface area contributed by atoms with Gasteiger partial charge in [-0.3, -0.25) is 0 Å². The third-order valence-corrected chi connectivity index (χ3v) is 4.46. The highest BCUT2D eigenvalue weighted by Gasteiger charge is 2.11. The highest BCUT2D eigenvalue weighted by molar-refractivity contribution is 5.61. The SMILES string of the molecule is c1ccc(CNc2nncc(Nc3ccc(N4CCCC4)cc3)n2)cc1. The number of hydrogen-bond donors (Lipinski definition) is 2. The van der Waals surface area contributed by atoms with Gasteiger partial charge in [0.25, 0.3) is 0 Å². The van der Waals surface area contributed by atoms with E-state index in [-0.39, 0.29) is 0 Å². The zero-order valence-electron chi connectivity index (χ0n) is 14.6. The predicted octanol–water partition coefficient (Wildman–Crippen LogP) is 3.83. The van der Waals surface area contributed by atoms with Crippen LogP contribution < -0.4 is 15.5 Å². The number of nitrogens with one attached hydrogen (secondary N) is 2. The van der Waals surface area contributed by atoms with Gasteiger partial charge in [0.2, 0.25) is 5.95 Å². The van der Waals surface area contributed by atoms with Crippen molar-refractivity contribution in [3.63, 3.8) is 0 Å². The molecule has 6 heteroatoms. The van der Waals surface area contributed by atoms with Gasteiger partial charge in [-0.25, -0.2) is 0 Å². The van der Waals surface area contributed by atoms with Gasteiger partial charge in [0, 0.05) is 31.0 Å². The lowest BCUT2D eigenvalue weighted by atomic mass is 10.2. The molecule has 0 spiro atoms. The van der Waals surface area contributed by atoms with E-state index in [9.17, 15) is 0 Å². The Labute approximate surface area is 153 Å². The molecule has 2 N–H and O–H groups in total. The van der Waals surface area contributed by atoms with Crippen LogP contribution in [0.2, 0.25) is 0 Å². The maximum atomic E-state index is 4.48. The standard InChI is InChI=1S/C20H22N6/c1-2-6-16(7-3-1)14-21-20-24-19(15-22-25-20)23-17-8-10-18(11-9-17)26-12-4-5-13-26/h1-3,6-11,15H,4-5,12-14H2,(H2,21,23,24,25). The van der Waals surface area contributed by atoms with Crippen molar-refractivity contribution in [3.05, 3.63) is 66.4 Å². The van der Waals surface area contributed by atoms with Crippen LogP contribution in [0, 0.1) is 0 Å². The second kappa shape index (κ2) is 7.82. The summed E-state index contributed by atoms with van der Waals surface area (Å²) in [6.45, 7) is 2.97. The molecule has 0 bridgehead atoms. The molecule has 0 saturated carbocycles. The molecular formula is C20H22N6. The Hall–Kier alpha value is -3.15. The average molecular weight is 346 g/mol. The fraction of sp³-hybridized carbons (Fsp3) is 0.250. The second-order valence-corrected chi connectivity index (χ2v) is 6.37. The van der Waals surface area contributed by atoms with Crippen molar-refractivity contribution in [2.75, 3.05) is 28.6 Å². The number of benzene rings is 2. The smallest absolute Gasteiger partial charge is 0.244 e. The minimum Gasteiger partial charge on any atom is -0.372 e. The Morgan fingerprint density at radius 2 is 1.69 bits per heavy atom. The van der Waals surface area contributed by atoms with E-state index in [1.807, 2.05) is 18.2 Å². The van der Waals surface area contributed by atoms with Crippen LogP contribution in [0.3, 0.4) is 0 Å². The van der Waals surface area contributed by atoms with Gasteiger partial charge in [-0.05, 0) is 42.7 Å². The molecule has 1 aliphatic heterocycles. The largest absolute Gasteiger partial charge is 0.372 e. The van der Waals surface area contributed by atoms with E-state index in [0.717, 1.165) is 18.8 Å². The molecule has 1 aromatic heterocycles. The highest BCUT2D eigenvalue weighted by atomic mass is 15.3. The van der Waals surface area contributed by atoms with Gasteiger partial charge < -0.3 is 15.5 Å². The second-order valence-electron chi connectivity index (χ2n) is 6.37. The first-order valence-corrected chi connectivity index (χ1v) is 8.96. The van der Waals surface area contributed by atoms with Gasteiger partial charge >= 0.3 is 0 Å². The summed E-state index contributed by atoms with van der Waals surface area (Å²) >= 11 is 0. The van der Waals surface area contributed by atoms with Gasteiger partial charge in [-0.15, -0.1) is 5.10 Å². The Bertz CT molecular complexity index is 828. The lowest BCUT2D eigenvalue weighted by Crippen LogP contribution is -2.17. The zero-order chi connectivity index (χ0) is 17.6. The van der Waals surface area contributed by atoms with Crippen LogP contribution in [0.5, 0.6) is 0 Å². The van der Waals surface area contributed by atoms with Gasteiger partial charge in [-0.1, -0.05) is 30.3 Å². The Morgan fingerprint density at radius 3 is 2.46 bits per heavy atom. The maximum absolute atomic E-state index is 4.48. The molecule has 2 aromatic carbocycles. The summed E-state index contributed by atoms with van der Waals surface area (Å²) in [5.41, 5.74) is 3.44. The average Bonchev–Trinajstić information content (AvgIpc) is 3.23. The van der Waals surface area contributed by atoms with E-state index < -0.39 is 0 Å². The lowest BCUT2D eigenvalue weighted by Gasteiger charge is -2.17. The third-order valence-electron chi connectivity index (χ3n) is 4.46. The van der Waals surface area contributed by atoms with Crippen LogP contribution in [-0.2, 0) is 6.54 Å². The van der Waals surface area contributed by atoms with Crippen LogP contribution in [-0.4, -0.2) is 28.3 Å². The van der Waals surface area contributed by atoms with Crippen molar-refractivity contribution < 1.29 is 0 Å². The monoisotopic (exact) mass is 346 g/mol. The molecule has 1 fully saturated rings. The van der Waals surface area contributed by atoms with Crippen LogP contribution in [0.25, 0.3) is 0 Å². The summed E-state index contributed by atoms with van der Waals surface area (Å²) in [5, 5.41) is 14.6. The minimum atomic E-state index is 0.507. The highest BCUT2D eigenvalue weighted by Crippen LogP contribution is 2.23. The molecule has 26 heavy (non-hydrogen) atoms. The quantitative estimate of drug-likeness (QED) is 0.707. The molecule has 0 aliphatic carbocycles. The molecule has 2 heterocycles. The fourth-order valence-electron chi connectivity index (χ4n) is 3.09. The normalized spacial score (nSPS) is 13.6. The molecule has 0 unspecified atom stereocenters. The van der Waals surface area contributed by atoms with Crippen molar-refractivity contribution in [3.8, 4) is 0 Å². The van der Waals surface area contributed by atoms with E-state index in [4.69, 9.17) is 0 Å². The van der Waals surface area contributed by atoms with Crippen molar-refractivity contribution >= 4 is 23.1 Å². The molecule has 6 nitrogen and oxygen atoms in total. The first-order valence-electron chi connectivity index (χ1n) is 8.96. The van der Waals surface area contributed by atoms with Gasteiger partial charge in [-0.2, -0.15) is 10.1 Å². The molecule has 0 amide bonds.